The van der Waals surface area contributed by atoms with Crippen molar-refractivity contribution < 1.29 is 9.59 Å². The molecule has 7 nitrogen and oxygen atoms in total. The second kappa shape index (κ2) is 9.12. The molecule has 3 aliphatic rings. The van der Waals surface area contributed by atoms with Crippen molar-refractivity contribution in [3.8, 4) is 0 Å². The number of H-pyrrole nitrogens is 1. The molecule has 3 heterocycles. The van der Waals surface area contributed by atoms with Crippen molar-refractivity contribution in [2.75, 3.05) is 13.1 Å². The van der Waals surface area contributed by atoms with Gasteiger partial charge in [0.25, 0.3) is 11.5 Å². The van der Waals surface area contributed by atoms with Crippen LogP contribution in [-0.4, -0.2) is 44.7 Å². The summed E-state index contributed by atoms with van der Waals surface area (Å²) in [6, 6.07) is 7.41. The summed E-state index contributed by atoms with van der Waals surface area (Å²) in [5, 5.41) is 0. The molecule has 0 spiro atoms. The molecule has 1 aromatic heterocycles. The van der Waals surface area contributed by atoms with Crippen molar-refractivity contribution in [1.82, 2.24) is 19.8 Å². The Morgan fingerprint density at radius 2 is 1.85 bits per heavy atom. The predicted octanol–water partition coefficient (Wildman–Crippen LogP) is 3.52. The first kappa shape index (κ1) is 21.9. The average molecular weight is 449 g/mol. The fourth-order valence-electron chi connectivity index (χ4n) is 5.62. The number of nitrogens with zero attached hydrogens (tertiary/aromatic N) is 3. The van der Waals surface area contributed by atoms with E-state index in [1.54, 1.807) is 0 Å². The van der Waals surface area contributed by atoms with Crippen molar-refractivity contribution >= 4 is 11.8 Å². The largest absolute Gasteiger partial charge is 0.337 e. The van der Waals surface area contributed by atoms with Crippen molar-refractivity contribution in [2.24, 2.45) is 5.92 Å². The summed E-state index contributed by atoms with van der Waals surface area (Å²) in [7, 11) is 0. The van der Waals surface area contributed by atoms with E-state index in [0.717, 1.165) is 56.2 Å². The molecule has 1 atom stereocenters. The molecular formula is C26H32N4O3. The Balaban J connectivity index is 1.39. The zero-order valence-electron chi connectivity index (χ0n) is 19.3. The molecule has 0 unspecified atom stereocenters. The Labute approximate surface area is 194 Å². The fourth-order valence-corrected chi connectivity index (χ4v) is 5.62. The van der Waals surface area contributed by atoms with Crippen molar-refractivity contribution in [3.05, 3.63) is 62.8 Å². The Kier molecular flexibility index (Phi) is 6.04. The fraction of sp³-hybridized carbons (Fsp3) is 0.538. The number of carbonyl (C=O) groups excluding carboxylic acids is 2. The lowest BCUT2D eigenvalue weighted by atomic mass is 9.98. The summed E-state index contributed by atoms with van der Waals surface area (Å²) in [5.74, 6) is 0.859. The molecule has 2 aliphatic heterocycles. The van der Waals surface area contributed by atoms with Crippen LogP contribution in [0.4, 0.5) is 0 Å². The lowest BCUT2D eigenvalue weighted by Gasteiger charge is -2.36. The van der Waals surface area contributed by atoms with Gasteiger partial charge in [-0.05, 0) is 51.2 Å². The van der Waals surface area contributed by atoms with E-state index in [-0.39, 0.29) is 29.3 Å². The van der Waals surface area contributed by atoms with Crippen LogP contribution in [-0.2, 0) is 17.8 Å². The number of aryl methyl sites for hydroxylation is 1. The minimum Gasteiger partial charge on any atom is -0.337 e. The van der Waals surface area contributed by atoms with E-state index >= 15 is 0 Å². The lowest BCUT2D eigenvalue weighted by Crippen LogP contribution is -2.43. The number of hydrogen-bond acceptors (Lipinski definition) is 4. The maximum atomic E-state index is 13.3. The summed E-state index contributed by atoms with van der Waals surface area (Å²) in [5.41, 5.74) is 2.92. The van der Waals surface area contributed by atoms with Crippen LogP contribution in [0.3, 0.4) is 0 Å². The molecule has 0 radical (unpaired) electrons. The average Bonchev–Trinajstić information content (AvgIpc) is 3.38. The number of carbonyl (C=O) groups is 2. The Morgan fingerprint density at radius 1 is 1.06 bits per heavy atom. The van der Waals surface area contributed by atoms with E-state index in [1.807, 2.05) is 41.0 Å². The zero-order valence-corrected chi connectivity index (χ0v) is 19.3. The summed E-state index contributed by atoms with van der Waals surface area (Å²) in [6.07, 6.45) is 7.46. The summed E-state index contributed by atoms with van der Waals surface area (Å²) in [6.45, 7) is 3.58. The van der Waals surface area contributed by atoms with Gasteiger partial charge in [-0.2, -0.15) is 0 Å². The first-order chi connectivity index (χ1) is 16.0. The van der Waals surface area contributed by atoms with Gasteiger partial charge in [0, 0.05) is 31.0 Å². The topological polar surface area (TPSA) is 86.4 Å². The van der Waals surface area contributed by atoms with Crippen LogP contribution >= 0.6 is 0 Å². The number of aromatic amines is 1. The number of aromatic nitrogens is 2. The third-order valence-electron chi connectivity index (χ3n) is 7.45. The maximum absolute atomic E-state index is 13.3. The van der Waals surface area contributed by atoms with Gasteiger partial charge in [0.05, 0.1) is 23.8 Å². The molecule has 2 amide bonds. The van der Waals surface area contributed by atoms with Gasteiger partial charge in [-0.25, -0.2) is 4.98 Å². The van der Waals surface area contributed by atoms with E-state index in [4.69, 9.17) is 4.98 Å². The molecule has 1 saturated heterocycles. The van der Waals surface area contributed by atoms with E-state index in [1.165, 1.54) is 0 Å². The summed E-state index contributed by atoms with van der Waals surface area (Å²) >= 11 is 0. The predicted molar refractivity (Wildman–Crippen MR) is 125 cm³/mol. The van der Waals surface area contributed by atoms with Gasteiger partial charge >= 0.3 is 0 Å². The molecular weight excluding hydrogens is 416 g/mol. The molecule has 0 bridgehead atoms. The molecule has 5 rings (SSSR count). The van der Waals surface area contributed by atoms with Gasteiger partial charge < -0.3 is 14.8 Å². The van der Waals surface area contributed by atoms with Crippen LogP contribution in [0.1, 0.15) is 84.0 Å². The number of amides is 2. The number of rotatable bonds is 3. The molecule has 33 heavy (non-hydrogen) atoms. The molecule has 1 N–H and O–H groups in total. The van der Waals surface area contributed by atoms with Gasteiger partial charge in [0.1, 0.15) is 5.82 Å². The molecule has 7 heteroatoms. The molecule has 174 valence electrons. The Hall–Kier alpha value is -2.96. The van der Waals surface area contributed by atoms with E-state index in [2.05, 4.69) is 4.98 Å². The SMILES string of the molecule is Cc1cccc(C(=O)N2CCCC[C@@H]2c2nc3c(c(=O)[nH]2)CN(C(=O)C2CCCC2)CC3)c1. The van der Waals surface area contributed by atoms with E-state index in [9.17, 15) is 14.4 Å². The lowest BCUT2D eigenvalue weighted by molar-refractivity contribution is -0.136. The second-order valence-electron chi connectivity index (χ2n) is 9.75. The number of likely N-dealkylation sites (tertiary alicyclic amines) is 1. The third-order valence-corrected chi connectivity index (χ3v) is 7.45. The molecule has 1 saturated carbocycles. The highest BCUT2D eigenvalue weighted by atomic mass is 16.2. The van der Waals surface area contributed by atoms with Gasteiger partial charge in [-0.3, -0.25) is 14.4 Å². The Morgan fingerprint density at radius 3 is 2.64 bits per heavy atom. The smallest absolute Gasteiger partial charge is 0.256 e. The zero-order chi connectivity index (χ0) is 22.9. The van der Waals surface area contributed by atoms with Crippen LogP contribution in [0.15, 0.2) is 29.1 Å². The molecule has 1 aromatic carbocycles. The van der Waals surface area contributed by atoms with E-state index < -0.39 is 0 Å². The van der Waals surface area contributed by atoms with Crippen LogP contribution in [0.5, 0.6) is 0 Å². The number of fused-ring (bicyclic) bond motifs is 1. The van der Waals surface area contributed by atoms with Crippen molar-refractivity contribution in [2.45, 2.75) is 70.9 Å². The number of piperidine rings is 1. The number of hydrogen-bond donors (Lipinski definition) is 1. The molecule has 1 aliphatic carbocycles. The van der Waals surface area contributed by atoms with Gasteiger partial charge in [-0.15, -0.1) is 0 Å². The number of nitrogens with one attached hydrogen (secondary N) is 1. The summed E-state index contributed by atoms with van der Waals surface area (Å²) in [4.78, 5) is 50.8. The highest BCUT2D eigenvalue weighted by Gasteiger charge is 2.34. The monoisotopic (exact) mass is 448 g/mol. The van der Waals surface area contributed by atoms with Gasteiger partial charge in [0.2, 0.25) is 5.91 Å². The quantitative estimate of drug-likeness (QED) is 0.778. The van der Waals surface area contributed by atoms with Crippen LogP contribution < -0.4 is 5.56 Å². The Bertz CT molecular complexity index is 1120. The first-order valence-corrected chi connectivity index (χ1v) is 12.3. The highest BCUT2D eigenvalue weighted by Crippen LogP contribution is 2.32. The summed E-state index contributed by atoms with van der Waals surface area (Å²) < 4.78 is 0. The maximum Gasteiger partial charge on any atom is 0.256 e. The molecule has 2 fully saturated rings. The van der Waals surface area contributed by atoms with E-state index in [0.29, 0.717) is 43.0 Å². The minimum atomic E-state index is -0.233. The third kappa shape index (κ3) is 4.33. The number of benzene rings is 1. The van der Waals surface area contributed by atoms with Crippen molar-refractivity contribution in [3.63, 3.8) is 0 Å². The van der Waals surface area contributed by atoms with Gasteiger partial charge in [0.15, 0.2) is 0 Å². The molecule has 2 aromatic rings. The standard InChI is InChI=1S/C26H32N4O3/c1-17-7-6-10-19(15-17)26(33)30-13-5-4-11-22(30)23-27-21-12-14-29(16-20(21)24(31)28-23)25(32)18-8-2-3-9-18/h6-7,10,15,18,22H,2-5,8-9,11-14,16H2,1H3,(H,27,28,31)/t22-/m1/s1. The first-order valence-electron chi connectivity index (χ1n) is 12.3. The minimum absolute atomic E-state index is 0.0166. The van der Waals surface area contributed by atoms with Crippen LogP contribution in [0.2, 0.25) is 0 Å². The van der Waals surface area contributed by atoms with Crippen molar-refractivity contribution in [1.29, 1.82) is 0 Å². The normalized spacial score (nSPS) is 21.2. The van der Waals surface area contributed by atoms with Crippen LogP contribution in [0, 0.1) is 12.8 Å². The highest BCUT2D eigenvalue weighted by molar-refractivity contribution is 5.94. The van der Waals surface area contributed by atoms with Crippen LogP contribution in [0.25, 0.3) is 0 Å². The second-order valence-corrected chi connectivity index (χ2v) is 9.75. The van der Waals surface area contributed by atoms with Gasteiger partial charge in [-0.1, -0.05) is 30.5 Å².